The SMILES string of the molecule is CN=C(NCCN(C)c1ccccc1)Nc1cccc(OCCCOC)c1. The zero-order chi connectivity index (χ0) is 19.3. The lowest BCUT2D eigenvalue weighted by atomic mass is 10.3. The van der Waals surface area contributed by atoms with E-state index in [4.69, 9.17) is 9.47 Å². The van der Waals surface area contributed by atoms with Gasteiger partial charge in [-0.2, -0.15) is 0 Å². The van der Waals surface area contributed by atoms with Crippen molar-refractivity contribution >= 4 is 17.3 Å². The Labute approximate surface area is 162 Å². The minimum absolute atomic E-state index is 0.635. The summed E-state index contributed by atoms with van der Waals surface area (Å²) in [6.45, 7) is 2.98. The van der Waals surface area contributed by atoms with Crippen molar-refractivity contribution in [2.24, 2.45) is 4.99 Å². The Balaban J connectivity index is 1.79. The molecule has 146 valence electrons. The fourth-order valence-corrected chi connectivity index (χ4v) is 2.53. The minimum atomic E-state index is 0.635. The normalized spacial score (nSPS) is 11.1. The summed E-state index contributed by atoms with van der Waals surface area (Å²) in [4.78, 5) is 6.49. The average Bonchev–Trinajstić information content (AvgIpc) is 2.71. The molecule has 0 aliphatic carbocycles. The lowest BCUT2D eigenvalue weighted by molar-refractivity contribution is 0.172. The van der Waals surface area contributed by atoms with E-state index >= 15 is 0 Å². The number of hydrogen-bond acceptors (Lipinski definition) is 4. The molecule has 6 nitrogen and oxygen atoms in total. The summed E-state index contributed by atoms with van der Waals surface area (Å²) in [6.07, 6.45) is 0.867. The van der Waals surface area contributed by atoms with Gasteiger partial charge < -0.3 is 25.0 Å². The molecule has 2 aromatic carbocycles. The number of likely N-dealkylation sites (N-methyl/N-ethyl adjacent to an activating group) is 1. The first-order chi connectivity index (χ1) is 13.2. The van der Waals surface area contributed by atoms with Crippen LogP contribution in [0.1, 0.15) is 6.42 Å². The summed E-state index contributed by atoms with van der Waals surface area (Å²) >= 11 is 0. The maximum Gasteiger partial charge on any atom is 0.195 e. The van der Waals surface area contributed by atoms with Crippen LogP contribution in [-0.2, 0) is 4.74 Å². The molecule has 0 fully saturated rings. The number of guanidine groups is 1. The molecule has 0 atom stereocenters. The van der Waals surface area contributed by atoms with Gasteiger partial charge in [0.25, 0.3) is 0 Å². The molecule has 27 heavy (non-hydrogen) atoms. The summed E-state index contributed by atoms with van der Waals surface area (Å²) in [5, 5.41) is 6.64. The summed E-state index contributed by atoms with van der Waals surface area (Å²) < 4.78 is 10.8. The topological polar surface area (TPSA) is 58.1 Å². The van der Waals surface area contributed by atoms with E-state index in [2.05, 4.69) is 39.7 Å². The molecular formula is C21H30N4O2. The van der Waals surface area contributed by atoms with Crippen molar-refractivity contribution in [1.82, 2.24) is 5.32 Å². The highest BCUT2D eigenvalue weighted by molar-refractivity contribution is 5.93. The third-order valence-electron chi connectivity index (χ3n) is 4.02. The van der Waals surface area contributed by atoms with Gasteiger partial charge in [0.2, 0.25) is 0 Å². The predicted octanol–water partition coefficient (Wildman–Crippen LogP) is 3.23. The van der Waals surface area contributed by atoms with E-state index in [1.807, 2.05) is 42.5 Å². The van der Waals surface area contributed by atoms with Gasteiger partial charge in [0.1, 0.15) is 5.75 Å². The Kier molecular flexibility index (Phi) is 9.00. The third-order valence-corrected chi connectivity index (χ3v) is 4.02. The molecule has 0 aliphatic rings. The Morgan fingerprint density at radius 1 is 1.07 bits per heavy atom. The number of benzene rings is 2. The van der Waals surface area contributed by atoms with Crippen molar-refractivity contribution in [2.75, 3.05) is 57.7 Å². The number of nitrogens with zero attached hydrogens (tertiary/aromatic N) is 2. The second-order valence-corrected chi connectivity index (χ2v) is 6.10. The van der Waals surface area contributed by atoms with Crippen LogP contribution in [0, 0.1) is 0 Å². The van der Waals surface area contributed by atoms with Crippen LogP contribution in [0.15, 0.2) is 59.6 Å². The predicted molar refractivity (Wildman–Crippen MR) is 113 cm³/mol. The molecule has 0 spiro atoms. The minimum Gasteiger partial charge on any atom is -0.493 e. The van der Waals surface area contributed by atoms with E-state index < -0.39 is 0 Å². The van der Waals surface area contributed by atoms with Gasteiger partial charge >= 0.3 is 0 Å². The Hall–Kier alpha value is -2.73. The molecule has 0 unspecified atom stereocenters. The van der Waals surface area contributed by atoms with Crippen molar-refractivity contribution in [1.29, 1.82) is 0 Å². The van der Waals surface area contributed by atoms with Crippen LogP contribution < -0.4 is 20.3 Å². The first-order valence-electron chi connectivity index (χ1n) is 9.18. The van der Waals surface area contributed by atoms with Crippen molar-refractivity contribution in [3.8, 4) is 5.75 Å². The Morgan fingerprint density at radius 3 is 2.63 bits per heavy atom. The Bertz CT molecular complexity index is 692. The largest absolute Gasteiger partial charge is 0.493 e. The fourth-order valence-electron chi connectivity index (χ4n) is 2.53. The number of rotatable bonds is 10. The average molecular weight is 370 g/mol. The van der Waals surface area contributed by atoms with Crippen molar-refractivity contribution in [3.05, 3.63) is 54.6 Å². The van der Waals surface area contributed by atoms with E-state index in [-0.39, 0.29) is 0 Å². The molecule has 6 heteroatoms. The number of methoxy groups -OCH3 is 1. The van der Waals surface area contributed by atoms with Gasteiger partial charge in [-0.05, 0) is 24.3 Å². The molecule has 0 radical (unpaired) electrons. The van der Waals surface area contributed by atoms with Crippen LogP contribution in [0.5, 0.6) is 5.75 Å². The molecule has 2 N–H and O–H groups in total. The molecular weight excluding hydrogens is 340 g/mol. The van der Waals surface area contributed by atoms with Crippen molar-refractivity contribution in [3.63, 3.8) is 0 Å². The zero-order valence-corrected chi connectivity index (χ0v) is 16.4. The van der Waals surface area contributed by atoms with Crippen LogP contribution in [0.2, 0.25) is 0 Å². The van der Waals surface area contributed by atoms with Crippen LogP contribution >= 0.6 is 0 Å². The summed E-state index contributed by atoms with van der Waals surface area (Å²) in [5.41, 5.74) is 2.13. The molecule has 2 aromatic rings. The maximum absolute atomic E-state index is 5.74. The highest BCUT2D eigenvalue weighted by atomic mass is 16.5. The van der Waals surface area contributed by atoms with Gasteiger partial charge in [-0.3, -0.25) is 4.99 Å². The smallest absolute Gasteiger partial charge is 0.195 e. The third kappa shape index (κ3) is 7.58. The molecule has 0 saturated heterocycles. The van der Waals surface area contributed by atoms with Crippen LogP contribution in [0.3, 0.4) is 0 Å². The molecule has 0 aliphatic heterocycles. The number of anilines is 2. The highest BCUT2D eigenvalue weighted by Crippen LogP contribution is 2.17. The Morgan fingerprint density at radius 2 is 1.89 bits per heavy atom. The van der Waals surface area contributed by atoms with E-state index in [1.54, 1.807) is 14.2 Å². The second-order valence-electron chi connectivity index (χ2n) is 6.10. The first-order valence-corrected chi connectivity index (χ1v) is 9.18. The number of nitrogens with one attached hydrogen (secondary N) is 2. The van der Waals surface area contributed by atoms with Crippen LogP contribution in [-0.4, -0.2) is 53.5 Å². The van der Waals surface area contributed by atoms with E-state index in [0.29, 0.717) is 13.2 Å². The van der Waals surface area contributed by atoms with Gasteiger partial charge in [-0.15, -0.1) is 0 Å². The number of hydrogen-bond donors (Lipinski definition) is 2. The fraction of sp³-hybridized carbons (Fsp3) is 0.381. The molecule has 0 saturated carbocycles. The molecule has 0 aromatic heterocycles. The monoisotopic (exact) mass is 370 g/mol. The number of ether oxygens (including phenoxy) is 2. The van der Waals surface area contributed by atoms with Gasteiger partial charge in [0, 0.05) is 64.8 Å². The summed E-state index contributed by atoms with van der Waals surface area (Å²) in [5.74, 6) is 1.56. The van der Waals surface area contributed by atoms with Crippen molar-refractivity contribution < 1.29 is 9.47 Å². The first kappa shape index (κ1) is 20.6. The van der Waals surface area contributed by atoms with E-state index in [0.717, 1.165) is 36.9 Å². The highest BCUT2D eigenvalue weighted by Gasteiger charge is 2.03. The summed E-state index contributed by atoms with van der Waals surface area (Å²) in [7, 11) is 5.54. The van der Waals surface area contributed by atoms with Gasteiger partial charge in [0.05, 0.1) is 6.61 Å². The van der Waals surface area contributed by atoms with Gasteiger partial charge in [0.15, 0.2) is 5.96 Å². The lowest BCUT2D eigenvalue weighted by Crippen LogP contribution is -2.36. The van der Waals surface area contributed by atoms with Crippen LogP contribution in [0.25, 0.3) is 0 Å². The molecule has 2 rings (SSSR count). The molecule has 0 bridgehead atoms. The van der Waals surface area contributed by atoms with Crippen LogP contribution in [0.4, 0.5) is 11.4 Å². The summed E-state index contributed by atoms with van der Waals surface area (Å²) in [6, 6.07) is 18.2. The number of aliphatic imine (C=N–C) groups is 1. The van der Waals surface area contributed by atoms with E-state index in [1.165, 1.54) is 5.69 Å². The second kappa shape index (κ2) is 11.8. The van der Waals surface area contributed by atoms with Gasteiger partial charge in [-0.1, -0.05) is 24.3 Å². The van der Waals surface area contributed by atoms with Gasteiger partial charge in [-0.25, -0.2) is 0 Å². The molecule has 0 heterocycles. The maximum atomic E-state index is 5.74. The van der Waals surface area contributed by atoms with Crippen molar-refractivity contribution in [2.45, 2.75) is 6.42 Å². The molecule has 0 amide bonds. The zero-order valence-electron chi connectivity index (χ0n) is 16.4. The lowest BCUT2D eigenvalue weighted by Gasteiger charge is -2.20. The number of para-hydroxylation sites is 1. The standard InChI is InChI=1S/C21H30N4O2/c1-22-21(23-13-14-25(2)19-10-5-4-6-11-19)24-18-9-7-12-20(17-18)27-16-8-15-26-3/h4-7,9-12,17H,8,13-16H2,1-3H3,(H2,22,23,24). The van der Waals surface area contributed by atoms with E-state index in [9.17, 15) is 0 Å². The quantitative estimate of drug-likeness (QED) is 0.382.